The van der Waals surface area contributed by atoms with Crippen LogP contribution in [-0.4, -0.2) is 13.1 Å². The number of hydrogen-bond acceptors (Lipinski definition) is 2. The van der Waals surface area contributed by atoms with Crippen molar-refractivity contribution in [2.75, 3.05) is 13.1 Å². The Labute approximate surface area is 95.5 Å². The van der Waals surface area contributed by atoms with E-state index in [1.54, 1.807) is 11.3 Å². The van der Waals surface area contributed by atoms with Crippen LogP contribution in [0.5, 0.6) is 0 Å². The molecule has 0 aliphatic heterocycles. The maximum absolute atomic E-state index is 5.84. The van der Waals surface area contributed by atoms with Gasteiger partial charge in [0.2, 0.25) is 0 Å². The molecule has 0 aromatic carbocycles. The zero-order valence-electron chi connectivity index (χ0n) is 9.06. The fraction of sp³-hybridized carbons (Fsp3) is 0.636. The Hall–Kier alpha value is -0.0500. The van der Waals surface area contributed by atoms with Crippen LogP contribution in [0.2, 0.25) is 4.34 Å². The predicted octanol–water partition coefficient (Wildman–Crippen LogP) is 3.58. The van der Waals surface area contributed by atoms with Crippen LogP contribution < -0.4 is 5.32 Å². The lowest BCUT2D eigenvalue weighted by Gasteiger charge is -2.18. The van der Waals surface area contributed by atoms with Crippen LogP contribution in [0, 0.1) is 5.41 Å². The van der Waals surface area contributed by atoms with Crippen molar-refractivity contribution in [1.82, 2.24) is 5.32 Å². The minimum atomic E-state index is 0.368. The molecule has 0 bridgehead atoms. The summed E-state index contributed by atoms with van der Waals surface area (Å²) in [5.74, 6) is 0. The minimum absolute atomic E-state index is 0.368. The second-order valence-electron chi connectivity index (χ2n) is 4.69. The Morgan fingerprint density at radius 3 is 2.57 bits per heavy atom. The van der Waals surface area contributed by atoms with Gasteiger partial charge in [-0.05, 0) is 30.5 Å². The van der Waals surface area contributed by atoms with Crippen molar-refractivity contribution in [1.29, 1.82) is 0 Å². The van der Waals surface area contributed by atoms with E-state index in [9.17, 15) is 0 Å². The second-order valence-corrected chi connectivity index (χ2v) is 6.49. The minimum Gasteiger partial charge on any atom is -0.316 e. The van der Waals surface area contributed by atoms with E-state index in [1.807, 2.05) is 6.07 Å². The molecule has 1 nitrogen and oxygen atoms in total. The molecule has 0 spiro atoms. The molecular formula is C11H18ClNS. The lowest BCUT2D eigenvalue weighted by Crippen LogP contribution is -2.28. The van der Waals surface area contributed by atoms with Crippen molar-refractivity contribution in [3.63, 3.8) is 0 Å². The van der Waals surface area contributed by atoms with Crippen LogP contribution in [0.1, 0.15) is 25.6 Å². The van der Waals surface area contributed by atoms with Gasteiger partial charge in [-0.1, -0.05) is 32.4 Å². The predicted molar refractivity (Wildman–Crippen MR) is 65.4 cm³/mol. The molecule has 0 fully saturated rings. The van der Waals surface area contributed by atoms with Crippen molar-refractivity contribution in [2.24, 2.45) is 5.41 Å². The third-order valence-electron chi connectivity index (χ3n) is 1.83. The molecule has 0 unspecified atom stereocenters. The molecule has 0 atom stereocenters. The Kier molecular flexibility index (Phi) is 4.42. The Morgan fingerprint density at radius 2 is 2.07 bits per heavy atom. The van der Waals surface area contributed by atoms with E-state index in [0.717, 1.165) is 23.8 Å². The van der Waals surface area contributed by atoms with Crippen LogP contribution in [0.25, 0.3) is 0 Å². The molecule has 3 heteroatoms. The van der Waals surface area contributed by atoms with Crippen LogP contribution in [0.15, 0.2) is 12.1 Å². The Morgan fingerprint density at radius 1 is 1.36 bits per heavy atom. The highest BCUT2D eigenvalue weighted by Gasteiger charge is 2.08. The summed E-state index contributed by atoms with van der Waals surface area (Å²) in [6, 6.07) is 4.07. The lowest BCUT2D eigenvalue weighted by atomic mass is 9.97. The summed E-state index contributed by atoms with van der Waals surface area (Å²) in [4.78, 5) is 1.36. The first-order chi connectivity index (χ1) is 6.47. The number of rotatable bonds is 4. The normalized spacial score (nSPS) is 12.0. The Balaban J connectivity index is 2.16. The molecule has 1 rings (SSSR count). The molecule has 1 aromatic rings. The first kappa shape index (κ1) is 12.0. The average Bonchev–Trinajstić information content (AvgIpc) is 2.44. The number of hydrogen-bond donors (Lipinski definition) is 1. The van der Waals surface area contributed by atoms with Crippen molar-refractivity contribution in [3.05, 3.63) is 21.3 Å². The fourth-order valence-corrected chi connectivity index (χ4v) is 2.25. The largest absolute Gasteiger partial charge is 0.316 e. The number of halogens is 1. The van der Waals surface area contributed by atoms with E-state index in [1.165, 1.54) is 4.88 Å². The van der Waals surface area contributed by atoms with Gasteiger partial charge in [0.05, 0.1) is 4.34 Å². The van der Waals surface area contributed by atoms with E-state index in [0.29, 0.717) is 5.41 Å². The maximum Gasteiger partial charge on any atom is 0.0931 e. The summed E-state index contributed by atoms with van der Waals surface area (Å²) in [7, 11) is 0. The summed E-state index contributed by atoms with van der Waals surface area (Å²) in [6.07, 6.45) is 1.08. The molecule has 0 aliphatic carbocycles. The van der Waals surface area contributed by atoms with Gasteiger partial charge < -0.3 is 5.32 Å². The van der Waals surface area contributed by atoms with Gasteiger partial charge in [-0.3, -0.25) is 0 Å². The molecule has 0 aliphatic rings. The highest BCUT2D eigenvalue weighted by atomic mass is 35.5. The van der Waals surface area contributed by atoms with Crippen molar-refractivity contribution < 1.29 is 0 Å². The smallest absolute Gasteiger partial charge is 0.0931 e. The molecule has 0 saturated carbocycles. The molecule has 1 heterocycles. The van der Waals surface area contributed by atoms with Crippen molar-refractivity contribution in [2.45, 2.75) is 27.2 Å². The highest BCUT2D eigenvalue weighted by molar-refractivity contribution is 7.16. The molecule has 1 aromatic heterocycles. The summed E-state index contributed by atoms with van der Waals surface area (Å²) in [5.41, 5.74) is 0.368. The zero-order chi connectivity index (χ0) is 10.6. The summed E-state index contributed by atoms with van der Waals surface area (Å²) in [6.45, 7) is 8.81. The molecule has 1 N–H and O–H groups in total. The summed E-state index contributed by atoms with van der Waals surface area (Å²) in [5, 5.41) is 3.45. The van der Waals surface area contributed by atoms with Gasteiger partial charge in [0, 0.05) is 11.4 Å². The summed E-state index contributed by atoms with van der Waals surface area (Å²) >= 11 is 7.52. The SMILES string of the molecule is CC(C)(C)CNCCc1ccc(Cl)s1. The van der Waals surface area contributed by atoms with Crippen molar-refractivity contribution >= 4 is 22.9 Å². The number of nitrogens with one attached hydrogen (secondary N) is 1. The highest BCUT2D eigenvalue weighted by Crippen LogP contribution is 2.21. The van der Waals surface area contributed by atoms with Crippen LogP contribution in [-0.2, 0) is 6.42 Å². The monoisotopic (exact) mass is 231 g/mol. The molecule has 0 radical (unpaired) electrons. The first-order valence-corrected chi connectivity index (χ1v) is 6.12. The van der Waals surface area contributed by atoms with E-state index >= 15 is 0 Å². The fourth-order valence-electron chi connectivity index (χ4n) is 1.16. The van der Waals surface area contributed by atoms with Crippen LogP contribution >= 0.6 is 22.9 Å². The van der Waals surface area contributed by atoms with Gasteiger partial charge in [-0.15, -0.1) is 11.3 Å². The van der Waals surface area contributed by atoms with Crippen molar-refractivity contribution in [3.8, 4) is 0 Å². The van der Waals surface area contributed by atoms with E-state index in [4.69, 9.17) is 11.6 Å². The van der Waals surface area contributed by atoms with Gasteiger partial charge in [-0.2, -0.15) is 0 Å². The third kappa shape index (κ3) is 4.99. The first-order valence-electron chi connectivity index (χ1n) is 4.92. The van der Waals surface area contributed by atoms with E-state index in [2.05, 4.69) is 32.2 Å². The average molecular weight is 232 g/mol. The van der Waals surface area contributed by atoms with Gasteiger partial charge in [0.15, 0.2) is 0 Å². The van der Waals surface area contributed by atoms with Crippen LogP contribution in [0.4, 0.5) is 0 Å². The van der Waals surface area contributed by atoms with Gasteiger partial charge in [-0.25, -0.2) is 0 Å². The van der Waals surface area contributed by atoms with Gasteiger partial charge in [0.1, 0.15) is 0 Å². The standard InChI is InChI=1S/C11H18ClNS/c1-11(2,3)8-13-7-6-9-4-5-10(12)14-9/h4-5,13H,6-8H2,1-3H3. The van der Waals surface area contributed by atoms with Gasteiger partial charge >= 0.3 is 0 Å². The summed E-state index contributed by atoms with van der Waals surface area (Å²) < 4.78 is 0.885. The van der Waals surface area contributed by atoms with Crippen LogP contribution in [0.3, 0.4) is 0 Å². The number of thiophene rings is 1. The Bertz CT molecular complexity index is 275. The molecule has 0 saturated heterocycles. The van der Waals surface area contributed by atoms with E-state index in [-0.39, 0.29) is 0 Å². The van der Waals surface area contributed by atoms with Gasteiger partial charge in [0.25, 0.3) is 0 Å². The maximum atomic E-state index is 5.84. The lowest BCUT2D eigenvalue weighted by molar-refractivity contribution is 0.382. The molecule has 80 valence electrons. The zero-order valence-corrected chi connectivity index (χ0v) is 10.6. The third-order valence-corrected chi connectivity index (χ3v) is 3.12. The second kappa shape index (κ2) is 5.15. The topological polar surface area (TPSA) is 12.0 Å². The molecule has 0 amide bonds. The van der Waals surface area contributed by atoms with E-state index < -0.39 is 0 Å². The quantitative estimate of drug-likeness (QED) is 0.782. The molecular weight excluding hydrogens is 214 g/mol. The molecule has 14 heavy (non-hydrogen) atoms.